The number of carbonyl (C=O) groups excluding carboxylic acids is 2. The van der Waals surface area contributed by atoms with E-state index in [4.69, 9.17) is 0 Å². The van der Waals surface area contributed by atoms with Crippen molar-refractivity contribution < 1.29 is 9.59 Å². The summed E-state index contributed by atoms with van der Waals surface area (Å²) in [4.78, 5) is 26.9. The maximum absolute atomic E-state index is 12.6. The van der Waals surface area contributed by atoms with Gasteiger partial charge in [0.05, 0.1) is 6.42 Å². The van der Waals surface area contributed by atoms with Gasteiger partial charge in [0.25, 0.3) is 0 Å². The predicted molar refractivity (Wildman–Crippen MR) is 100 cm³/mol. The molecule has 0 radical (unpaired) electrons. The van der Waals surface area contributed by atoms with E-state index in [1.807, 2.05) is 57.3 Å². The summed E-state index contributed by atoms with van der Waals surface area (Å²) >= 11 is 0. The quantitative estimate of drug-likeness (QED) is 0.880. The minimum absolute atomic E-state index is 0.0179. The largest absolute Gasteiger partial charge is 0.344 e. The van der Waals surface area contributed by atoms with Crippen molar-refractivity contribution in [1.82, 2.24) is 10.2 Å². The molecule has 1 unspecified atom stereocenters. The van der Waals surface area contributed by atoms with Crippen molar-refractivity contribution in [2.45, 2.75) is 45.2 Å². The van der Waals surface area contributed by atoms with Crippen LogP contribution in [-0.4, -0.2) is 35.8 Å². The molecule has 2 aromatic carbocycles. The minimum atomic E-state index is -0.460. The Morgan fingerprint density at radius 3 is 2.44 bits per heavy atom. The Kier molecular flexibility index (Phi) is 5.07. The molecule has 132 valence electrons. The third-order valence-corrected chi connectivity index (χ3v) is 4.87. The topological polar surface area (TPSA) is 49.4 Å². The van der Waals surface area contributed by atoms with Crippen LogP contribution in [0.25, 0.3) is 10.8 Å². The van der Waals surface area contributed by atoms with Gasteiger partial charge < -0.3 is 10.2 Å². The molecular formula is C21H26N2O2. The monoisotopic (exact) mass is 338 g/mol. The predicted octanol–water partition coefficient (Wildman–Crippen LogP) is 3.14. The van der Waals surface area contributed by atoms with Crippen LogP contribution in [0.3, 0.4) is 0 Å². The third kappa shape index (κ3) is 4.19. The van der Waals surface area contributed by atoms with Gasteiger partial charge in [-0.3, -0.25) is 9.59 Å². The molecule has 2 aromatic rings. The summed E-state index contributed by atoms with van der Waals surface area (Å²) in [5.74, 6) is -0.0230. The first-order valence-corrected chi connectivity index (χ1v) is 8.99. The first kappa shape index (κ1) is 17.5. The maximum atomic E-state index is 12.6. The Bertz CT molecular complexity index is 780. The zero-order chi connectivity index (χ0) is 18.0. The number of hydrogen-bond acceptors (Lipinski definition) is 2. The van der Waals surface area contributed by atoms with Gasteiger partial charge in [-0.25, -0.2) is 0 Å². The number of likely N-dealkylation sites (N-methyl/N-ethyl adjacent to an activating group) is 1. The van der Waals surface area contributed by atoms with E-state index in [1.165, 1.54) is 0 Å². The lowest BCUT2D eigenvalue weighted by Crippen LogP contribution is -2.51. The van der Waals surface area contributed by atoms with Gasteiger partial charge in [0.1, 0.15) is 6.04 Å². The summed E-state index contributed by atoms with van der Waals surface area (Å²) in [5.41, 5.74) is 0.960. The molecule has 25 heavy (non-hydrogen) atoms. The number of hydrogen-bond donors (Lipinski definition) is 1. The Balaban J connectivity index is 1.67. The summed E-state index contributed by atoms with van der Waals surface area (Å²) in [7, 11) is 1.84. The summed E-state index contributed by atoms with van der Waals surface area (Å²) < 4.78 is 0. The van der Waals surface area contributed by atoms with Crippen LogP contribution >= 0.6 is 0 Å². The Labute approximate surface area is 149 Å². The second-order valence-electron chi connectivity index (χ2n) is 7.33. The second kappa shape index (κ2) is 7.26. The molecule has 1 atom stereocenters. The van der Waals surface area contributed by atoms with E-state index in [1.54, 1.807) is 4.90 Å². The summed E-state index contributed by atoms with van der Waals surface area (Å²) in [5, 5.41) is 5.23. The van der Waals surface area contributed by atoms with Crippen LogP contribution in [0.1, 0.15) is 32.3 Å². The van der Waals surface area contributed by atoms with Crippen molar-refractivity contribution in [3.63, 3.8) is 0 Å². The summed E-state index contributed by atoms with van der Waals surface area (Å²) in [6, 6.07) is 14.0. The van der Waals surface area contributed by atoms with Crippen molar-refractivity contribution in [3.8, 4) is 0 Å². The minimum Gasteiger partial charge on any atom is -0.344 e. The maximum Gasteiger partial charge on any atom is 0.245 e. The van der Waals surface area contributed by atoms with Crippen LogP contribution in [0.15, 0.2) is 42.5 Å². The molecule has 0 aliphatic heterocycles. The molecule has 1 aliphatic rings. The van der Waals surface area contributed by atoms with Crippen molar-refractivity contribution >= 4 is 22.6 Å². The third-order valence-electron chi connectivity index (χ3n) is 4.87. The van der Waals surface area contributed by atoms with Gasteiger partial charge in [0.2, 0.25) is 11.8 Å². The number of fused-ring (bicyclic) bond motifs is 1. The van der Waals surface area contributed by atoms with E-state index in [9.17, 15) is 9.59 Å². The fourth-order valence-electron chi connectivity index (χ4n) is 3.13. The van der Waals surface area contributed by atoms with Crippen LogP contribution in [0, 0.1) is 5.92 Å². The van der Waals surface area contributed by atoms with E-state index in [2.05, 4.69) is 11.4 Å². The zero-order valence-electron chi connectivity index (χ0n) is 15.2. The molecular weight excluding hydrogens is 312 g/mol. The average molecular weight is 338 g/mol. The first-order chi connectivity index (χ1) is 12.0. The van der Waals surface area contributed by atoms with E-state index in [0.717, 1.165) is 29.2 Å². The van der Waals surface area contributed by atoms with Gasteiger partial charge in [0, 0.05) is 13.1 Å². The molecule has 2 amide bonds. The number of amides is 2. The Hall–Kier alpha value is -2.36. The molecule has 1 fully saturated rings. The molecule has 0 heterocycles. The molecule has 4 heteroatoms. The number of nitrogens with zero attached hydrogens (tertiary/aromatic N) is 1. The van der Waals surface area contributed by atoms with Gasteiger partial charge in [-0.05, 0) is 35.1 Å². The SMILES string of the molecule is CC(C)C(NC(=O)Cc1ccc2ccccc2c1)C(=O)N(C)C1CC1. The molecule has 1 saturated carbocycles. The van der Waals surface area contributed by atoms with Gasteiger partial charge >= 0.3 is 0 Å². The van der Waals surface area contributed by atoms with Crippen LogP contribution in [0.2, 0.25) is 0 Å². The van der Waals surface area contributed by atoms with Crippen LogP contribution in [-0.2, 0) is 16.0 Å². The zero-order valence-corrected chi connectivity index (χ0v) is 15.2. The average Bonchev–Trinajstić information content (AvgIpc) is 3.43. The lowest BCUT2D eigenvalue weighted by molar-refractivity contribution is -0.136. The van der Waals surface area contributed by atoms with Crippen molar-refractivity contribution in [2.24, 2.45) is 5.92 Å². The van der Waals surface area contributed by atoms with Crippen LogP contribution in [0.5, 0.6) is 0 Å². The standard InChI is InChI=1S/C21H26N2O2/c1-14(2)20(21(25)23(3)18-10-11-18)22-19(24)13-15-8-9-16-6-4-5-7-17(16)12-15/h4-9,12,14,18,20H,10-11,13H2,1-3H3,(H,22,24). The highest BCUT2D eigenvalue weighted by Gasteiger charge is 2.35. The second-order valence-corrected chi connectivity index (χ2v) is 7.33. The van der Waals surface area contributed by atoms with Gasteiger partial charge in [-0.1, -0.05) is 56.3 Å². The van der Waals surface area contributed by atoms with E-state index in [0.29, 0.717) is 6.04 Å². The van der Waals surface area contributed by atoms with E-state index >= 15 is 0 Å². The highest BCUT2D eigenvalue weighted by atomic mass is 16.2. The lowest BCUT2D eigenvalue weighted by Gasteiger charge is -2.27. The molecule has 1 N–H and O–H groups in total. The van der Waals surface area contributed by atoms with Gasteiger partial charge in [0.15, 0.2) is 0 Å². The number of nitrogens with one attached hydrogen (secondary N) is 1. The van der Waals surface area contributed by atoms with E-state index in [-0.39, 0.29) is 24.2 Å². The number of rotatable bonds is 6. The molecule has 3 rings (SSSR count). The van der Waals surface area contributed by atoms with Crippen molar-refractivity contribution in [3.05, 3.63) is 48.0 Å². The first-order valence-electron chi connectivity index (χ1n) is 8.99. The number of carbonyl (C=O) groups is 2. The fourth-order valence-corrected chi connectivity index (χ4v) is 3.13. The normalized spacial score (nSPS) is 15.2. The van der Waals surface area contributed by atoms with Crippen LogP contribution in [0.4, 0.5) is 0 Å². The summed E-state index contributed by atoms with van der Waals surface area (Å²) in [6.45, 7) is 3.94. The van der Waals surface area contributed by atoms with Crippen molar-refractivity contribution in [1.29, 1.82) is 0 Å². The fraction of sp³-hybridized carbons (Fsp3) is 0.429. The Morgan fingerprint density at radius 2 is 1.80 bits per heavy atom. The van der Waals surface area contributed by atoms with Gasteiger partial charge in [-0.2, -0.15) is 0 Å². The summed E-state index contributed by atoms with van der Waals surface area (Å²) in [6.07, 6.45) is 2.42. The smallest absolute Gasteiger partial charge is 0.245 e. The highest BCUT2D eigenvalue weighted by Crippen LogP contribution is 2.26. The Morgan fingerprint density at radius 1 is 1.12 bits per heavy atom. The highest BCUT2D eigenvalue weighted by molar-refractivity contribution is 5.90. The molecule has 0 aromatic heterocycles. The van der Waals surface area contributed by atoms with E-state index < -0.39 is 6.04 Å². The van der Waals surface area contributed by atoms with Gasteiger partial charge in [-0.15, -0.1) is 0 Å². The van der Waals surface area contributed by atoms with Crippen molar-refractivity contribution in [2.75, 3.05) is 7.05 Å². The molecule has 4 nitrogen and oxygen atoms in total. The number of benzene rings is 2. The van der Waals surface area contributed by atoms with Crippen LogP contribution < -0.4 is 5.32 Å². The molecule has 0 saturated heterocycles. The molecule has 0 bridgehead atoms. The molecule has 0 spiro atoms. The molecule has 1 aliphatic carbocycles. The lowest BCUT2D eigenvalue weighted by atomic mass is 10.0.